The molecule has 1 aliphatic heterocycles. The Morgan fingerprint density at radius 3 is 2.94 bits per heavy atom. The molecule has 1 fully saturated rings. The van der Waals surface area contributed by atoms with E-state index in [1.165, 1.54) is 19.3 Å². The number of hydrogen-bond donors (Lipinski definition) is 1. The van der Waals surface area contributed by atoms with Crippen molar-refractivity contribution in [3.05, 3.63) is 11.7 Å². The van der Waals surface area contributed by atoms with Crippen molar-refractivity contribution in [2.45, 2.75) is 52.0 Å². The van der Waals surface area contributed by atoms with Gasteiger partial charge in [0.2, 0.25) is 5.89 Å². The molecule has 1 unspecified atom stereocenters. The van der Waals surface area contributed by atoms with Crippen molar-refractivity contribution in [1.29, 1.82) is 0 Å². The molecule has 0 bridgehead atoms. The van der Waals surface area contributed by atoms with Gasteiger partial charge in [-0.25, -0.2) is 0 Å². The van der Waals surface area contributed by atoms with Gasteiger partial charge in [0.1, 0.15) is 0 Å². The minimum Gasteiger partial charge on any atom is -0.339 e. The van der Waals surface area contributed by atoms with Crippen molar-refractivity contribution in [1.82, 2.24) is 15.5 Å². The van der Waals surface area contributed by atoms with E-state index in [0.717, 1.165) is 31.1 Å². The summed E-state index contributed by atoms with van der Waals surface area (Å²) in [5.41, 5.74) is 0. The minimum absolute atomic E-state index is 0. The van der Waals surface area contributed by atoms with Crippen LogP contribution in [0.25, 0.3) is 0 Å². The van der Waals surface area contributed by atoms with E-state index in [1.54, 1.807) is 0 Å². The Labute approximate surface area is 109 Å². The van der Waals surface area contributed by atoms with Crippen molar-refractivity contribution >= 4 is 12.4 Å². The average molecular weight is 260 g/mol. The molecule has 2 heterocycles. The lowest BCUT2D eigenvalue weighted by Gasteiger charge is -2.09. The summed E-state index contributed by atoms with van der Waals surface area (Å²) in [5, 5.41) is 7.57. The summed E-state index contributed by atoms with van der Waals surface area (Å²) >= 11 is 0. The van der Waals surface area contributed by atoms with E-state index >= 15 is 0 Å². The van der Waals surface area contributed by atoms with Crippen molar-refractivity contribution in [2.24, 2.45) is 5.92 Å². The van der Waals surface area contributed by atoms with Crippen molar-refractivity contribution in [2.75, 3.05) is 6.54 Å². The molecule has 0 spiro atoms. The lowest BCUT2D eigenvalue weighted by atomic mass is 10.1. The molecule has 17 heavy (non-hydrogen) atoms. The third kappa shape index (κ3) is 4.28. The smallest absolute Gasteiger partial charge is 0.226 e. The molecule has 2 rings (SSSR count). The molecule has 0 amide bonds. The van der Waals surface area contributed by atoms with E-state index in [0.29, 0.717) is 12.0 Å². The number of halogens is 1. The maximum Gasteiger partial charge on any atom is 0.226 e. The highest BCUT2D eigenvalue weighted by molar-refractivity contribution is 5.85. The van der Waals surface area contributed by atoms with Crippen molar-refractivity contribution in [3.8, 4) is 0 Å². The highest BCUT2D eigenvalue weighted by atomic mass is 35.5. The number of rotatable bonds is 3. The predicted octanol–water partition coefficient (Wildman–Crippen LogP) is 2.89. The van der Waals surface area contributed by atoms with E-state index in [-0.39, 0.29) is 12.4 Å². The first-order chi connectivity index (χ1) is 7.75. The zero-order valence-corrected chi connectivity index (χ0v) is 11.4. The van der Waals surface area contributed by atoms with Gasteiger partial charge in [0.25, 0.3) is 0 Å². The third-order valence-electron chi connectivity index (χ3n) is 2.94. The topological polar surface area (TPSA) is 51.0 Å². The normalized spacial score (nSPS) is 21.0. The van der Waals surface area contributed by atoms with Crippen LogP contribution in [0.4, 0.5) is 0 Å². The van der Waals surface area contributed by atoms with E-state index in [2.05, 4.69) is 29.3 Å². The Bertz CT molecular complexity index is 319. The monoisotopic (exact) mass is 259 g/mol. The second-order valence-corrected chi connectivity index (χ2v) is 5.00. The first kappa shape index (κ1) is 14.5. The molecule has 0 aromatic carbocycles. The predicted molar refractivity (Wildman–Crippen MR) is 69.3 cm³/mol. The maximum absolute atomic E-state index is 5.27. The molecule has 98 valence electrons. The van der Waals surface area contributed by atoms with Gasteiger partial charge in [0, 0.05) is 6.42 Å². The molecule has 1 aliphatic rings. The number of nitrogens with zero attached hydrogens (tertiary/aromatic N) is 2. The number of aromatic nitrogens is 2. The first-order valence-corrected chi connectivity index (χ1v) is 6.31. The Balaban J connectivity index is 0.00000144. The molecule has 4 nitrogen and oxygen atoms in total. The summed E-state index contributed by atoms with van der Waals surface area (Å²) in [4.78, 5) is 4.48. The summed E-state index contributed by atoms with van der Waals surface area (Å²) in [5.74, 6) is 2.18. The maximum atomic E-state index is 5.27. The molecule has 0 saturated carbocycles. The second kappa shape index (κ2) is 6.97. The highest BCUT2D eigenvalue weighted by Crippen LogP contribution is 2.20. The molecule has 1 aromatic heterocycles. The summed E-state index contributed by atoms with van der Waals surface area (Å²) in [6.07, 6.45) is 5.82. The van der Waals surface area contributed by atoms with Crippen LogP contribution in [0.3, 0.4) is 0 Å². The van der Waals surface area contributed by atoms with Crippen LogP contribution in [-0.4, -0.2) is 16.7 Å². The second-order valence-electron chi connectivity index (χ2n) is 5.00. The van der Waals surface area contributed by atoms with E-state index in [4.69, 9.17) is 4.52 Å². The van der Waals surface area contributed by atoms with Crippen LogP contribution in [0, 0.1) is 5.92 Å². The van der Waals surface area contributed by atoms with Crippen LogP contribution in [-0.2, 0) is 6.42 Å². The lowest BCUT2D eigenvalue weighted by molar-refractivity contribution is 0.352. The Morgan fingerprint density at radius 1 is 1.35 bits per heavy atom. The van der Waals surface area contributed by atoms with Gasteiger partial charge in [0.15, 0.2) is 5.82 Å². The van der Waals surface area contributed by atoms with Crippen LogP contribution in [0.5, 0.6) is 0 Å². The van der Waals surface area contributed by atoms with Crippen molar-refractivity contribution in [3.63, 3.8) is 0 Å². The van der Waals surface area contributed by atoms with Crippen LogP contribution in [0.2, 0.25) is 0 Å². The molecule has 1 saturated heterocycles. The molecular formula is C12H22ClN3O. The Hall–Kier alpha value is -0.610. The summed E-state index contributed by atoms with van der Waals surface area (Å²) in [6.45, 7) is 5.39. The largest absolute Gasteiger partial charge is 0.339 e. The number of hydrogen-bond acceptors (Lipinski definition) is 4. The quantitative estimate of drug-likeness (QED) is 0.907. The van der Waals surface area contributed by atoms with Gasteiger partial charge < -0.3 is 9.84 Å². The minimum atomic E-state index is 0. The third-order valence-corrected chi connectivity index (χ3v) is 2.94. The van der Waals surface area contributed by atoms with Gasteiger partial charge in [0.05, 0.1) is 6.04 Å². The van der Waals surface area contributed by atoms with Crippen LogP contribution < -0.4 is 5.32 Å². The first-order valence-electron chi connectivity index (χ1n) is 6.31. The summed E-state index contributed by atoms with van der Waals surface area (Å²) < 4.78 is 5.27. The molecular weight excluding hydrogens is 238 g/mol. The standard InChI is InChI=1S/C12H21N3O.ClH/c1-9(2)8-11-14-12(15-16-11)10-6-4-3-5-7-13-10;/h9-10,13H,3-8H2,1-2H3;1H. The zero-order chi connectivity index (χ0) is 11.4. The van der Waals surface area contributed by atoms with E-state index in [1.807, 2.05) is 0 Å². The van der Waals surface area contributed by atoms with Gasteiger partial charge in [-0.2, -0.15) is 4.98 Å². The average Bonchev–Trinajstić information content (AvgIpc) is 2.53. The molecule has 1 N–H and O–H groups in total. The molecule has 1 aromatic rings. The molecule has 5 heteroatoms. The fourth-order valence-electron chi connectivity index (χ4n) is 2.09. The summed E-state index contributed by atoms with van der Waals surface area (Å²) in [7, 11) is 0. The number of nitrogens with one attached hydrogen (secondary N) is 1. The van der Waals surface area contributed by atoms with E-state index < -0.39 is 0 Å². The molecule has 0 radical (unpaired) electrons. The van der Waals surface area contributed by atoms with Gasteiger partial charge >= 0.3 is 0 Å². The van der Waals surface area contributed by atoms with Gasteiger partial charge in [-0.15, -0.1) is 12.4 Å². The highest BCUT2D eigenvalue weighted by Gasteiger charge is 2.19. The molecule has 1 atom stereocenters. The molecule has 0 aliphatic carbocycles. The Morgan fingerprint density at radius 2 is 2.18 bits per heavy atom. The van der Waals surface area contributed by atoms with Gasteiger partial charge in [-0.05, 0) is 25.3 Å². The Kier molecular flexibility index (Phi) is 5.92. The van der Waals surface area contributed by atoms with Crippen LogP contribution in [0.15, 0.2) is 4.52 Å². The van der Waals surface area contributed by atoms with Crippen molar-refractivity contribution < 1.29 is 4.52 Å². The van der Waals surface area contributed by atoms with Crippen LogP contribution in [0.1, 0.15) is 57.3 Å². The zero-order valence-electron chi connectivity index (χ0n) is 10.6. The fraction of sp³-hybridized carbons (Fsp3) is 0.833. The fourth-order valence-corrected chi connectivity index (χ4v) is 2.09. The van der Waals surface area contributed by atoms with Crippen LogP contribution >= 0.6 is 12.4 Å². The SMILES string of the molecule is CC(C)Cc1nc(C2CCCCCN2)no1.Cl. The van der Waals surface area contributed by atoms with Gasteiger partial charge in [-0.3, -0.25) is 0 Å². The van der Waals surface area contributed by atoms with Gasteiger partial charge in [-0.1, -0.05) is 31.8 Å². The van der Waals surface area contributed by atoms with E-state index in [9.17, 15) is 0 Å². The summed E-state index contributed by atoms with van der Waals surface area (Å²) in [6, 6.07) is 0.298. The lowest BCUT2D eigenvalue weighted by Crippen LogP contribution is -2.21.